The van der Waals surface area contributed by atoms with Crippen LogP contribution in [0.5, 0.6) is 0 Å². The fourth-order valence-corrected chi connectivity index (χ4v) is 1.98. The van der Waals surface area contributed by atoms with Crippen LogP contribution in [0.3, 0.4) is 0 Å². The molecule has 17 heavy (non-hydrogen) atoms. The monoisotopic (exact) mass is 257 g/mol. The van der Waals surface area contributed by atoms with Gasteiger partial charge in [0.15, 0.2) is 5.13 Å². The largest absolute Gasteiger partial charge is 0.481 e. The Kier molecular flexibility index (Phi) is 4.06. The summed E-state index contributed by atoms with van der Waals surface area (Å²) in [6.07, 6.45) is 0. The van der Waals surface area contributed by atoms with Gasteiger partial charge in [0, 0.05) is 6.04 Å². The van der Waals surface area contributed by atoms with Crippen molar-refractivity contribution in [3.63, 3.8) is 0 Å². The molecule has 2 atom stereocenters. The summed E-state index contributed by atoms with van der Waals surface area (Å²) in [4.78, 5) is 26.9. The predicted molar refractivity (Wildman–Crippen MR) is 65.0 cm³/mol. The van der Waals surface area contributed by atoms with Gasteiger partial charge in [0.1, 0.15) is 4.88 Å². The fraction of sp³-hybridized carbons (Fsp3) is 0.500. The molecular formula is C10H15N3O3S. The number of carboxylic acids is 1. The second-order valence-electron chi connectivity index (χ2n) is 3.86. The van der Waals surface area contributed by atoms with E-state index >= 15 is 0 Å². The molecule has 7 heteroatoms. The van der Waals surface area contributed by atoms with Gasteiger partial charge in [-0.3, -0.25) is 9.59 Å². The minimum Gasteiger partial charge on any atom is -0.481 e. The first-order chi connectivity index (χ1) is 7.82. The average Bonchev–Trinajstić information content (AvgIpc) is 2.56. The number of anilines is 1. The Bertz CT molecular complexity index is 444. The Morgan fingerprint density at radius 1 is 1.47 bits per heavy atom. The Morgan fingerprint density at radius 3 is 2.47 bits per heavy atom. The molecule has 0 saturated carbocycles. The summed E-state index contributed by atoms with van der Waals surface area (Å²) in [7, 11) is 0. The van der Waals surface area contributed by atoms with Gasteiger partial charge in [0.2, 0.25) is 0 Å². The van der Waals surface area contributed by atoms with E-state index in [9.17, 15) is 9.59 Å². The number of hydrogen-bond donors (Lipinski definition) is 3. The van der Waals surface area contributed by atoms with Crippen LogP contribution in [-0.4, -0.2) is 28.0 Å². The maximum atomic E-state index is 11.8. The van der Waals surface area contributed by atoms with Crippen molar-refractivity contribution in [2.45, 2.75) is 26.8 Å². The van der Waals surface area contributed by atoms with Crippen molar-refractivity contribution in [1.82, 2.24) is 10.3 Å². The molecule has 94 valence electrons. The van der Waals surface area contributed by atoms with Gasteiger partial charge < -0.3 is 16.2 Å². The number of carbonyl (C=O) groups is 2. The summed E-state index contributed by atoms with van der Waals surface area (Å²) < 4.78 is 0. The van der Waals surface area contributed by atoms with Gasteiger partial charge in [0.05, 0.1) is 11.6 Å². The Balaban J connectivity index is 2.73. The molecular weight excluding hydrogens is 242 g/mol. The third-order valence-corrected chi connectivity index (χ3v) is 3.50. The summed E-state index contributed by atoms with van der Waals surface area (Å²) in [5, 5.41) is 11.8. The maximum absolute atomic E-state index is 11.8. The summed E-state index contributed by atoms with van der Waals surface area (Å²) in [6, 6.07) is -0.456. The molecule has 1 aromatic rings. The van der Waals surface area contributed by atoms with E-state index in [4.69, 9.17) is 10.8 Å². The van der Waals surface area contributed by atoms with Gasteiger partial charge in [-0.15, -0.1) is 0 Å². The summed E-state index contributed by atoms with van der Waals surface area (Å²) in [5.74, 6) is -1.93. The molecule has 0 saturated heterocycles. The predicted octanol–water partition coefficient (Wildman–Crippen LogP) is 0.873. The van der Waals surface area contributed by atoms with Gasteiger partial charge in [-0.05, 0) is 20.8 Å². The van der Waals surface area contributed by atoms with Crippen LogP contribution in [0.25, 0.3) is 0 Å². The highest BCUT2D eigenvalue weighted by Gasteiger charge is 2.23. The van der Waals surface area contributed by atoms with Crippen molar-refractivity contribution in [1.29, 1.82) is 0 Å². The number of nitrogen functional groups attached to an aromatic ring is 1. The van der Waals surface area contributed by atoms with E-state index in [1.54, 1.807) is 20.8 Å². The van der Waals surface area contributed by atoms with Crippen LogP contribution in [0.4, 0.5) is 5.13 Å². The van der Waals surface area contributed by atoms with Gasteiger partial charge >= 0.3 is 5.97 Å². The highest BCUT2D eigenvalue weighted by Crippen LogP contribution is 2.19. The van der Waals surface area contributed by atoms with Crippen molar-refractivity contribution in [2.75, 3.05) is 5.73 Å². The molecule has 1 rings (SSSR count). The van der Waals surface area contributed by atoms with Crippen molar-refractivity contribution in [3.8, 4) is 0 Å². The van der Waals surface area contributed by atoms with E-state index < -0.39 is 17.9 Å². The number of nitrogens with zero attached hydrogens (tertiary/aromatic N) is 1. The molecule has 0 aliphatic carbocycles. The van der Waals surface area contributed by atoms with E-state index in [0.717, 1.165) is 11.3 Å². The van der Waals surface area contributed by atoms with Crippen LogP contribution < -0.4 is 11.1 Å². The summed E-state index contributed by atoms with van der Waals surface area (Å²) >= 11 is 1.09. The number of nitrogens with one attached hydrogen (secondary N) is 1. The maximum Gasteiger partial charge on any atom is 0.308 e. The lowest BCUT2D eigenvalue weighted by molar-refractivity contribution is -0.141. The topological polar surface area (TPSA) is 105 Å². The first kappa shape index (κ1) is 13.4. The number of hydrogen-bond acceptors (Lipinski definition) is 5. The van der Waals surface area contributed by atoms with Gasteiger partial charge in [-0.2, -0.15) is 0 Å². The number of rotatable bonds is 4. The van der Waals surface area contributed by atoms with Crippen molar-refractivity contribution >= 4 is 28.3 Å². The number of aryl methyl sites for hydroxylation is 1. The van der Waals surface area contributed by atoms with E-state index in [0.29, 0.717) is 15.7 Å². The molecule has 6 nitrogen and oxygen atoms in total. The molecule has 0 spiro atoms. The number of carbonyl (C=O) groups excluding carboxylic acids is 1. The second kappa shape index (κ2) is 5.13. The van der Waals surface area contributed by atoms with Crippen molar-refractivity contribution in [3.05, 3.63) is 10.6 Å². The Morgan fingerprint density at radius 2 is 2.06 bits per heavy atom. The Hall–Kier alpha value is -1.63. The lowest BCUT2D eigenvalue weighted by Gasteiger charge is -2.17. The van der Waals surface area contributed by atoms with E-state index in [2.05, 4.69) is 10.3 Å². The zero-order valence-electron chi connectivity index (χ0n) is 9.85. The lowest BCUT2D eigenvalue weighted by atomic mass is 10.0. The first-order valence-corrected chi connectivity index (χ1v) is 5.91. The van der Waals surface area contributed by atoms with Crippen molar-refractivity contribution < 1.29 is 14.7 Å². The van der Waals surface area contributed by atoms with Crippen LogP contribution >= 0.6 is 11.3 Å². The van der Waals surface area contributed by atoms with Crippen LogP contribution in [0, 0.1) is 12.8 Å². The zero-order chi connectivity index (χ0) is 13.2. The highest BCUT2D eigenvalue weighted by atomic mass is 32.1. The molecule has 1 aromatic heterocycles. The lowest BCUT2D eigenvalue weighted by Crippen LogP contribution is -2.39. The quantitative estimate of drug-likeness (QED) is 0.742. The minimum absolute atomic E-state index is 0.326. The van der Waals surface area contributed by atoms with Crippen molar-refractivity contribution in [2.24, 2.45) is 5.92 Å². The van der Waals surface area contributed by atoms with Gasteiger partial charge in [-0.25, -0.2) is 4.98 Å². The summed E-state index contributed by atoms with van der Waals surface area (Å²) in [6.45, 7) is 4.88. The molecule has 1 amide bonds. The second-order valence-corrected chi connectivity index (χ2v) is 4.89. The minimum atomic E-state index is -0.946. The molecule has 2 unspecified atom stereocenters. The van der Waals surface area contributed by atoms with Gasteiger partial charge in [0.25, 0.3) is 5.91 Å². The van der Waals surface area contributed by atoms with E-state index in [1.807, 2.05) is 0 Å². The molecule has 0 fully saturated rings. The number of amides is 1. The number of aromatic nitrogens is 1. The van der Waals surface area contributed by atoms with Crippen LogP contribution in [-0.2, 0) is 4.79 Å². The van der Waals surface area contributed by atoms with Crippen LogP contribution in [0.2, 0.25) is 0 Å². The van der Waals surface area contributed by atoms with Crippen LogP contribution in [0.15, 0.2) is 0 Å². The Labute approximate surface area is 103 Å². The molecule has 4 N–H and O–H groups in total. The molecule has 0 bridgehead atoms. The highest BCUT2D eigenvalue weighted by molar-refractivity contribution is 7.17. The van der Waals surface area contributed by atoms with Gasteiger partial charge in [-0.1, -0.05) is 11.3 Å². The first-order valence-electron chi connectivity index (χ1n) is 5.09. The average molecular weight is 257 g/mol. The SMILES string of the molecule is Cc1nc(N)sc1C(=O)NC(C)C(C)C(=O)O. The normalized spacial score (nSPS) is 14.1. The molecule has 0 radical (unpaired) electrons. The third-order valence-electron chi connectivity index (χ3n) is 2.52. The number of thiazole rings is 1. The summed E-state index contributed by atoms with van der Waals surface area (Å²) in [5.41, 5.74) is 6.05. The van der Waals surface area contributed by atoms with E-state index in [1.165, 1.54) is 0 Å². The number of aliphatic carboxylic acids is 1. The zero-order valence-corrected chi connectivity index (χ0v) is 10.7. The number of carboxylic acid groups (broad SMARTS) is 1. The standard InChI is InChI=1S/C10H15N3O3S/c1-4(9(15)16)5(2)12-8(14)7-6(3)13-10(11)17-7/h4-5H,1-3H3,(H2,11,13)(H,12,14)(H,15,16). The van der Waals surface area contributed by atoms with Crippen LogP contribution in [0.1, 0.15) is 29.2 Å². The molecule has 0 aliphatic rings. The number of nitrogens with two attached hydrogens (primary N) is 1. The van der Waals surface area contributed by atoms with E-state index in [-0.39, 0.29) is 5.91 Å². The molecule has 1 heterocycles. The third kappa shape index (κ3) is 3.16. The smallest absolute Gasteiger partial charge is 0.308 e. The fourth-order valence-electron chi connectivity index (χ4n) is 1.24. The molecule has 0 aromatic carbocycles. The molecule has 0 aliphatic heterocycles.